The van der Waals surface area contributed by atoms with E-state index < -0.39 is 0 Å². The molecule has 0 aliphatic rings. The van der Waals surface area contributed by atoms with Gasteiger partial charge in [-0.05, 0) is 22.4 Å². The van der Waals surface area contributed by atoms with Crippen molar-refractivity contribution in [2.24, 2.45) is 5.73 Å². The van der Waals surface area contributed by atoms with E-state index in [0.29, 0.717) is 5.82 Å². The molecular weight excluding hydrogens is 206 g/mol. The van der Waals surface area contributed by atoms with E-state index >= 15 is 0 Å². The Balaban J connectivity index is 2.81. The minimum absolute atomic E-state index is 0.0388. The van der Waals surface area contributed by atoms with Gasteiger partial charge in [0.1, 0.15) is 5.82 Å². The molecule has 60 valence electrons. The fourth-order valence-electron chi connectivity index (χ4n) is 0.696. The van der Waals surface area contributed by atoms with E-state index in [1.165, 1.54) is 0 Å². The topological polar surface area (TPSA) is 51.8 Å². The monoisotopic (exact) mass is 215 g/mol. The van der Waals surface area contributed by atoms with Gasteiger partial charge in [-0.1, -0.05) is 6.92 Å². The number of rotatable bonds is 2. The van der Waals surface area contributed by atoms with Crippen molar-refractivity contribution in [3.63, 3.8) is 0 Å². The minimum Gasteiger partial charge on any atom is -0.321 e. The van der Waals surface area contributed by atoms with Crippen LogP contribution in [-0.2, 0) is 0 Å². The predicted molar refractivity (Wildman–Crippen MR) is 47.0 cm³/mol. The Kier molecular flexibility index (Phi) is 2.96. The zero-order chi connectivity index (χ0) is 8.27. The summed E-state index contributed by atoms with van der Waals surface area (Å²) in [5.41, 5.74) is 5.70. The van der Waals surface area contributed by atoms with Crippen LogP contribution in [0.5, 0.6) is 0 Å². The molecule has 1 aromatic rings. The van der Waals surface area contributed by atoms with Gasteiger partial charge in [0, 0.05) is 12.4 Å². The van der Waals surface area contributed by atoms with Gasteiger partial charge in [0.05, 0.1) is 10.5 Å². The van der Waals surface area contributed by atoms with Crippen LogP contribution in [0.2, 0.25) is 0 Å². The third kappa shape index (κ3) is 2.24. The quantitative estimate of drug-likeness (QED) is 0.817. The van der Waals surface area contributed by atoms with Gasteiger partial charge in [-0.3, -0.25) is 0 Å². The van der Waals surface area contributed by atoms with Crippen LogP contribution in [-0.4, -0.2) is 9.97 Å². The molecule has 4 heteroatoms. The van der Waals surface area contributed by atoms with E-state index in [4.69, 9.17) is 5.73 Å². The second-order valence-corrected chi connectivity index (χ2v) is 3.19. The molecule has 1 atom stereocenters. The van der Waals surface area contributed by atoms with Crippen LogP contribution >= 0.6 is 15.9 Å². The Morgan fingerprint density at radius 1 is 1.55 bits per heavy atom. The molecule has 0 saturated carbocycles. The molecule has 0 bridgehead atoms. The maximum Gasteiger partial charge on any atom is 0.144 e. The number of nitrogens with two attached hydrogens (primary N) is 1. The lowest BCUT2D eigenvalue weighted by atomic mass is 10.2. The van der Waals surface area contributed by atoms with Crippen molar-refractivity contribution >= 4 is 15.9 Å². The Morgan fingerprint density at radius 3 is 2.55 bits per heavy atom. The summed E-state index contributed by atoms with van der Waals surface area (Å²) in [6, 6.07) is -0.0388. The molecule has 0 saturated heterocycles. The van der Waals surface area contributed by atoms with Crippen molar-refractivity contribution in [3.05, 3.63) is 22.7 Å². The van der Waals surface area contributed by atoms with Gasteiger partial charge in [-0.25, -0.2) is 9.97 Å². The van der Waals surface area contributed by atoms with Gasteiger partial charge in [0.15, 0.2) is 0 Å². The number of halogens is 1. The van der Waals surface area contributed by atoms with Gasteiger partial charge in [0.25, 0.3) is 0 Å². The second-order valence-electron chi connectivity index (χ2n) is 2.27. The van der Waals surface area contributed by atoms with Crippen LogP contribution in [0.4, 0.5) is 0 Å². The summed E-state index contributed by atoms with van der Waals surface area (Å²) in [5, 5.41) is 0. The number of hydrogen-bond acceptors (Lipinski definition) is 3. The second kappa shape index (κ2) is 3.78. The van der Waals surface area contributed by atoms with Crippen molar-refractivity contribution in [1.29, 1.82) is 0 Å². The normalized spacial score (nSPS) is 13.0. The molecule has 0 aliphatic carbocycles. The highest BCUT2D eigenvalue weighted by Gasteiger charge is 2.04. The van der Waals surface area contributed by atoms with Crippen LogP contribution in [0, 0.1) is 0 Å². The number of hydrogen-bond donors (Lipinski definition) is 1. The first-order valence-corrected chi connectivity index (χ1v) is 4.26. The summed E-state index contributed by atoms with van der Waals surface area (Å²) >= 11 is 3.25. The van der Waals surface area contributed by atoms with E-state index in [0.717, 1.165) is 10.9 Å². The molecule has 3 nitrogen and oxygen atoms in total. The molecular formula is C7H10BrN3. The summed E-state index contributed by atoms with van der Waals surface area (Å²) < 4.78 is 0.879. The highest BCUT2D eigenvalue weighted by Crippen LogP contribution is 2.10. The molecule has 11 heavy (non-hydrogen) atoms. The van der Waals surface area contributed by atoms with Gasteiger partial charge in [0.2, 0.25) is 0 Å². The Bertz CT molecular complexity index is 222. The van der Waals surface area contributed by atoms with E-state index in [9.17, 15) is 0 Å². The molecule has 0 fully saturated rings. The summed E-state index contributed by atoms with van der Waals surface area (Å²) in [6.07, 6.45) is 4.28. The number of aromatic nitrogens is 2. The standard InChI is InChI=1S/C7H10BrN3/c1-2-6(9)7-10-3-5(8)4-11-7/h3-4,6H,2,9H2,1H3. The fourth-order valence-corrected chi connectivity index (χ4v) is 0.901. The highest BCUT2D eigenvalue weighted by molar-refractivity contribution is 9.10. The molecule has 2 N–H and O–H groups in total. The van der Waals surface area contributed by atoms with E-state index in [1.54, 1.807) is 12.4 Å². The zero-order valence-electron chi connectivity index (χ0n) is 6.29. The molecule has 1 heterocycles. The smallest absolute Gasteiger partial charge is 0.144 e. The van der Waals surface area contributed by atoms with E-state index in [-0.39, 0.29) is 6.04 Å². The van der Waals surface area contributed by atoms with Crippen LogP contribution in [0.15, 0.2) is 16.9 Å². The van der Waals surface area contributed by atoms with Crippen LogP contribution in [0.25, 0.3) is 0 Å². The van der Waals surface area contributed by atoms with Gasteiger partial charge in [-0.2, -0.15) is 0 Å². The molecule has 0 aliphatic heterocycles. The molecule has 1 aromatic heterocycles. The Morgan fingerprint density at radius 2 is 2.09 bits per heavy atom. The Labute approximate surface area is 74.2 Å². The first-order chi connectivity index (χ1) is 5.24. The van der Waals surface area contributed by atoms with Crippen LogP contribution in [0.1, 0.15) is 25.2 Å². The SMILES string of the molecule is CCC(N)c1ncc(Br)cn1. The van der Waals surface area contributed by atoms with Gasteiger partial charge < -0.3 is 5.73 Å². The third-order valence-electron chi connectivity index (χ3n) is 1.41. The average Bonchev–Trinajstić information content (AvgIpc) is 2.05. The van der Waals surface area contributed by atoms with Crippen molar-refractivity contribution in [2.75, 3.05) is 0 Å². The zero-order valence-corrected chi connectivity index (χ0v) is 7.87. The van der Waals surface area contributed by atoms with Crippen molar-refractivity contribution < 1.29 is 0 Å². The summed E-state index contributed by atoms with van der Waals surface area (Å²) in [7, 11) is 0. The molecule has 0 amide bonds. The summed E-state index contributed by atoms with van der Waals surface area (Å²) in [6.45, 7) is 2.01. The first kappa shape index (κ1) is 8.62. The van der Waals surface area contributed by atoms with Crippen LogP contribution < -0.4 is 5.73 Å². The predicted octanol–water partition coefficient (Wildman–Crippen LogP) is 1.65. The van der Waals surface area contributed by atoms with Crippen molar-refractivity contribution in [2.45, 2.75) is 19.4 Å². The van der Waals surface area contributed by atoms with E-state index in [2.05, 4.69) is 25.9 Å². The fraction of sp³-hybridized carbons (Fsp3) is 0.429. The molecule has 0 spiro atoms. The summed E-state index contributed by atoms with van der Waals surface area (Å²) in [5.74, 6) is 0.704. The summed E-state index contributed by atoms with van der Waals surface area (Å²) in [4.78, 5) is 8.13. The lowest BCUT2D eigenvalue weighted by Gasteiger charge is -2.05. The molecule has 0 aromatic carbocycles. The molecule has 1 rings (SSSR count). The average molecular weight is 216 g/mol. The Hall–Kier alpha value is -0.480. The van der Waals surface area contributed by atoms with Crippen LogP contribution in [0.3, 0.4) is 0 Å². The highest BCUT2D eigenvalue weighted by atomic mass is 79.9. The lowest BCUT2D eigenvalue weighted by molar-refractivity contribution is 0.647. The van der Waals surface area contributed by atoms with Gasteiger partial charge in [-0.15, -0.1) is 0 Å². The largest absolute Gasteiger partial charge is 0.321 e. The lowest BCUT2D eigenvalue weighted by Crippen LogP contribution is -2.12. The third-order valence-corrected chi connectivity index (χ3v) is 1.82. The molecule has 0 radical (unpaired) electrons. The van der Waals surface area contributed by atoms with E-state index in [1.807, 2.05) is 6.92 Å². The van der Waals surface area contributed by atoms with Crippen molar-refractivity contribution in [1.82, 2.24) is 9.97 Å². The molecule has 1 unspecified atom stereocenters. The minimum atomic E-state index is -0.0388. The first-order valence-electron chi connectivity index (χ1n) is 3.47. The maximum absolute atomic E-state index is 5.70. The van der Waals surface area contributed by atoms with Crippen molar-refractivity contribution in [3.8, 4) is 0 Å². The maximum atomic E-state index is 5.70. The number of nitrogens with zero attached hydrogens (tertiary/aromatic N) is 2. The van der Waals surface area contributed by atoms with Gasteiger partial charge >= 0.3 is 0 Å².